The van der Waals surface area contributed by atoms with Crippen LogP contribution in [0.5, 0.6) is 0 Å². The number of carbonyl (C=O) groups is 1. The smallest absolute Gasteiger partial charge is 0.412 e. The first-order valence-corrected chi connectivity index (χ1v) is 7.25. The standard InChI is InChI=1S/C14H21F6NO3/c1-11(2,3)24-10(22)21-8(7-23-12(21,4)5)6-9(13(15,16)17)14(18,19)20/h8-9H,6-7H2,1-5H3. The van der Waals surface area contributed by atoms with Crippen molar-refractivity contribution in [1.29, 1.82) is 0 Å². The Bertz CT molecular complexity index is 453. The van der Waals surface area contributed by atoms with Crippen LogP contribution in [0.1, 0.15) is 41.0 Å². The molecule has 1 aliphatic heterocycles. The molecule has 10 heteroatoms. The maximum Gasteiger partial charge on any atom is 0.412 e. The molecule has 0 aliphatic carbocycles. The first-order chi connectivity index (χ1) is 10.5. The summed E-state index contributed by atoms with van der Waals surface area (Å²) < 4.78 is 86.9. The third kappa shape index (κ3) is 5.15. The minimum Gasteiger partial charge on any atom is -0.444 e. The third-order valence-corrected chi connectivity index (χ3v) is 3.46. The Kier molecular flexibility index (Phi) is 5.45. The van der Waals surface area contributed by atoms with Crippen molar-refractivity contribution < 1.29 is 40.6 Å². The van der Waals surface area contributed by atoms with Crippen molar-refractivity contribution in [2.24, 2.45) is 5.92 Å². The van der Waals surface area contributed by atoms with Crippen LogP contribution in [-0.4, -0.2) is 47.3 Å². The second-order valence-corrected chi connectivity index (χ2v) is 7.13. The maximum absolute atomic E-state index is 12.8. The second-order valence-electron chi connectivity index (χ2n) is 7.13. The van der Waals surface area contributed by atoms with Crippen LogP contribution >= 0.6 is 0 Å². The molecule has 142 valence electrons. The molecule has 1 atom stereocenters. The number of hydrogen-bond acceptors (Lipinski definition) is 3. The number of hydrogen-bond donors (Lipinski definition) is 0. The van der Waals surface area contributed by atoms with Gasteiger partial charge in [-0.3, -0.25) is 4.90 Å². The van der Waals surface area contributed by atoms with Crippen molar-refractivity contribution >= 4 is 6.09 Å². The number of halogens is 6. The van der Waals surface area contributed by atoms with Crippen molar-refractivity contribution in [3.05, 3.63) is 0 Å². The summed E-state index contributed by atoms with van der Waals surface area (Å²) in [6.07, 6.45) is -13.3. The van der Waals surface area contributed by atoms with Crippen molar-refractivity contribution in [3.63, 3.8) is 0 Å². The largest absolute Gasteiger partial charge is 0.444 e. The first kappa shape index (κ1) is 20.9. The summed E-state index contributed by atoms with van der Waals surface area (Å²) in [5, 5.41) is 0. The van der Waals surface area contributed by atoms with Crippen LogP contribution in [0.4, 0.5) is 31.1 Å². The topological polar surface area (TPSA) is 38.8 Å². The highest BCUT2D eigenvalue weighted by Crippen LogP contribution is 2.44. The average Bonchev–Trinajstić information content (AvgIpc) is 2.55. The van der Waals surface area contributed by atoms with Crippen molar-refractivity contribution in [3.8, 4) is 0 Å². The number of rotatable bonds is 2. The summed E-state index contributed by atoms with van der Waals surface area (Å²) in [5.74, 6) is -3.54. The zero-order valence-electron chi connectivity index (χ0n) is 14.0. The van der Waals surface area contributed by atoms with Crippen molar-refractivity contribution in [2.75, 3.05) is 6.61 Å². The molecule has 1 aliphatic rings. The predicted octanol–water partition coefficient (Wildman–Crippen LogP) is 4.49. The van der Waals surface area contributed by atoms with Gasteiger partial charge in [0.15, 0.2) is 5.92 Å². The second kappa shape index (κ2) is 6.27. The van der Waals surface area contributed by atoms with Crippen LogP contribution in [0.15, 0.2) is 0 Å². The van der Waals surface area contributed by atoms with E-state index in [1.54, 1.807) is 0 Å². The monoisotopic (exact) mass is 365 g/mol. The lowest BCUT2D eigenvalue weighted by molar-refractivity contribution is -0.288. The highest BCUT2D eigenvalue weighted by atomic mass is 19.4. The number of amides is 1. The number of carbonyl (C=O) groups excluding carboxylic acids is 1. The zero-order chi connectivity index (χ0) is 19.1. The number of ether oxygens (including phenoxy) is 2. The molecular formula is C14H21F6NO3. The molecule has 0 spiro atoms. The average molecular weight is 365 g/mol. The normalized spacial score (nSPS) is 22.2. The minimum atomic E-state index is -5.47. The van der Waals surface area contributed by atoms with Gasteiger partial charge >= 0.3 is 18.4 Å². The fraction of sp³-hybridized carbons (Fsp3) is 0.929. The van der Waals surface area contributed by atoms with E-state index in [-0.39, 0.29) is 0 Å². The third-order valence-electron chi connectivity index (χ3n) is 3.46. The van der Waals surface area contributed by atoms with Gasteiger partial charge in [-0.25, -0.2) is 4.79 Å². The number of alkyl halides is 6. The molecule has 1 fully saturated rings. The molecule has 24 heavy (non-hydrogen) atoms. The summed E-state index contributed by atoms with van der Waals surface area (Å²) in [4.78, 5) is 13.0. The first-order valence-electron chi connectivity index (χ1n) is 7.25. The molecule has 1 saturated heterocycles. The predicted molar refractivity (Wildman–Crippen MR) is 72.1 cm³/mol. The van der Waals surface area contributed by atoms with Crippen LogP contribution in [0.25, 0.3) is 0 Å². The molecule has 0 N–H and O–H groups in total. The van der Waals surface area contributed by atoms with E-state index in [0.29, 0.717) is 0 Å². The molecule has 0 aromatic carbocycles. The van der Waals surface area contributed by atoms with Crippen LogP contribution in [0.3, 0.4) is 0 Å². The van der Waals surface area contributed by atoms with E-state index < -0.39 is 54.8 Å². The van der Waals surface area contributed by atoms with E-state index in [4.69, 9.17) is 9.47 Å². The van der Waals surface area contributed by atoms with Crippen LogP contribution in [0.2, 0.25) is 0 Å². The van der Waals surface area contributed by atoms with Gasteiger partial charge < -0.3 is 9.47 Å². The molecule has 4 nitrogen and oxygen atoms in total. The van der Waals surface area contributed by atoms with Gasteiger partial charge in [0.05, 0.1) is 12.6 Å². The van der Waals surface area contributed by atoms with Gasteiger partial charge in [-0.15, -0.1) is 0 Å². The van der Waals surface area contributed by atoms with Gasteiger partial charge in [-0.05, 0) is 41.0 Å². The molecule has 0 bridgehead atoms. The maximum atomic E-state index is 12.8. The lowest BCUT2D eigenvalue weighted by atomic mass is 9.98. The molecule has 0 aromatic rings. The minimum absolute atomic E-state index is 0.436. The number of nitrogens with zero attached hydrogens (tertiary/aromatic N) is 1. The van der Waals surface area contributed by atoms with Gasteiger partial charge in [0, 0.05) is 0 Å². The Morgan fingerprint density at radius 1 is 1.17 bits per heavy atom. The lowest BCUT2D eigenvalue weighted by Gasteiger charge is -2.36. The summed E-state index contributed by atoms with van der Waals surface area (Å²) in [5.41, 5.74) is -2.32. The van der Waals surface area contributed by atoms with Gasteiger partial charge in [0.1, 0.15) is 11.3 Å². The Morgan fingerprint density at radius 2 is 1.62 bits per heavy atom. The molecule has 1 heterocycles. The van der Waals surface area contributed by atoms with Crippen LogP contribution < -0.4 is 0 Å². The highest BCUT2D eigenvalue weighted by Gasteiger charge is 2.59. The van der Waals surface area contributed by atoms with Crippen LogP contribution in [0, 0.1) is 5.92 Å². The van der Waals surface area contributed by atoms with Gasteiger partial charge in [0.25, 0.3) is 0 Å². The van der Waals surface area contributed by atoms with Crippen molar-refractivity contribution in [2.45, 2.75) is 70.8 Å². The molecule has 1 unspecified atom stereocenters. The van der Waals surface area contributed by atoms with Gasteiger partial charge in [-0.2, -0.15) is 26.3 Å². The Balaban J connectivity index is 3.06. The molecule has 0 aromatic heterocycles. The SMILES string of the molecule is CC(C)(C)OC(=O)N1C(CC(C(F)(F)F)C(F)(F)F)COC1(C)C. The van der Waals surface area contributed by atoms with E-state index in [1.165, 1.54) is 34.6 Å². The molecule has 1 amide bonds. The summed E-state index contributed by atoms with van der Waals surface area (Å²) in [6, 6.07) is -1.40. The summed E-state index contributed by atoms with van der Waals surface area (Å²) >= 11 is 0. The highest BCUT2D eigenvalue weighted by molar-refractivity contribution is 5.69. The zero-order valence-corrected chi connectivity index (χ0v) is 14.0. The Labute approximate surface area is 136 Å². The molecule has 0 radical (unpaired) electrons. The van der Waals surface area contributed by atoms with E-state index >= 15 is 0 Å². The van der Waals surface area contributed by atoms with E-state index in [0.717, 1.165) is 4.90 Å². The summed E-state index contributed by atoms with van der Waals surface area (Å²) in [7, 11) is 0. The lowest BCUT2D eigenvalue weighted by Crippen LogP contribution is -2.51. The van der Waals surface area contributed by atoms with Crippen molar-refractivity contribution in [1.82, 2.24) is 4.90 Å². The molecular weight excluding hydrogens is 344 g/mol. The quantitative estimate of drug-likeness (QED) is 0.677. The summed E-state index contributed by atoms with van der Waals surface area (Å²) in [6.45, 7) is 6.95. The Morgan fingerprint density at radius 3 is 2.00 bits per heavy atom. The molecule has 1 rings (SSSR count). The fourth-order valence-corrected chi connectivity index (χ4v) is 2.46. The van der Waals surface area contributed by atoms with E-state index in [1.807, 2.05) is 0 Å². The van der Waals surface area contributed by atoms with E-state index in [9.17, 15) is 31.1 Å². The van der Waals surface area contributed by atoms with Gasteiger partial charge in [-0.1, -0.05) is 0 Å². The fourth-order valence-electron chi connectivity index (χ4n) is 2.46. The molecule has 0 saturated carbocycles. The van der Waals surface area contributed by atoms with Gasteiger partial charge in [0.2, 0.25) is 0 Å². The van der Waals surface area contributed by atoms with E-state index in [2.05, 4.69) is 0 Å². The Hall–Kier alpha value is -1.19. The van der Waals surface area contributed by atoms with Crippen LogP contribution in [-0.2, 0) is 9.47 Å².